The molecule has 0 aliphatic carbocycles. The smallest absolute Gasteiger partial charge is 0.234 e. The Hall–Kier alpha value is -2.48. The van der Waals surface area contributed by atoms with E-state index in [1.807, 2.05) is 0 Å². The van der Waals surface area contributed by atoms with Crippen LogP contribution in [0.1, 0.15) is 49.7 Å². The monoisotopic (exact) mass is 415 g/mol. The topological polar surface area (TPSA) is 72.3 Å². The molecule has 162 valence electrons. The number of aromatic nitrogens is 3. The van der Waals surface area contributed by atoms with E-state index in [1.165, 1.54) is 31.4 Å². The fraction of sp³-hybridized carbons (Fsp3) is 0.591. The second-order valence-electron chi connectivity index (χ2n) is 8.17. The van der Waals surface area contributed by atoms with Crippen LogP contribution >= 0.6 is 0 Å². The third-order valence-corrected chi connectivity index (χ3v) is 5.87. The summed E-state index contributed by atoms with van der Waals surface area (Å²) >= 11 is 0. The molecule has 1 atom stereocenters. The van der Waals surface area contributed by atoms with Gasteiger partial charge < -0.3 is 14.6 Å². The van der Waals surface area contributed by atoms with Gasteiger partial charge in [-0.15, -0.1) is 10.2 Å². The minimum atomic E-state index is -0.333. The van der Waals surface area contributed by atoms with Crippen LogP contribution in [0.3, 0.4) is 0 Å². The van der Waals surface area contributed by atoms with Crippen molar-refractivity contribution in [3.05, 3.63) is 41.7 Å². The summed E-state index contributed by atoms with van der Waals surface area (Å²) in [4.78, 5) is 14.6. The Balaban J connectivity index is 1.23. The average molecular weight is 416 g/mol. The molecule has 0 radical (unpaired) electrons. The second-order valence-corrected chi connectivity index (χ2v) is 8.17. The molecule has 1 aromatic heterocycles. The maximum Gasteiger partial charge on any atom is 0.234 e. The van der Waals surface area contributed by atoms with Crippen molar-refractivity contribution in [2.45, 2.75) is 51.0 Å². The summed E-state index contributed by atoms with van der Waals surface area (Å²) < 4.78 is 20.9. The highest BCUT2D eigenvalue weighted by Gasteiger charge is 2.28. The maximum atomic E-state index is 13.1. The van der Waals surface area contributed by atoms with Gasteiger partial charge in [0, 0.05) is 31.5 Å². The highest BCUT2D eigenvalue weighted by Crippen LogP contribution is 2.27. The zero-order chi connectivity index (χ0) is 20.8. The van der Waals surface area contributed by atoms with Gasteiger partial charge in [0.1, 0.15) is 29.8 Å². The molecule has 2 aromatic rings. The van der Waals surface area contributed by atoms with Crippen molar-refractivity contribution in [3.8, 4) is 5.75 Å². The molecule has 4 rings (SSSR count). The molecule has 0 saturated carbocycles. The SMILES string of the molecule is O=C(CN1CCCC(c2nnc3n2CCCCC3)C1)NCCOc1cccc(F)c1. The number of carbonyl (C=O) groups is 1. The molecule has 8 heteroatoms. The van der Waals surface area contributed by atoms with Gasteiger partial charge in [-0.2, -0.15) is 0 Å². The number of hydrogen-bond donors (Lipinski definition) is 1. The molecule has 3 heterocycles. The number of ether oxygens (including phenoxy) is 1. The largest absolute Gasteiger partial charge is 0.492 e. The lowest BCUT2D eigenvalue weighted by molar-refractivity contribution is -0.122. The van der Waals surface area contributed by atoms with Crippen LogP contribution in [0.25, 0.3) is 0 Å². The molecule has 2 aliphatic rings. The van der Waals surface area contributed by atoms with Crippen LogP contribution in [0, 0.1) is 5.82 Å². The van der Waals surface area contributed by atoms with Crippen molar-refractivity contribution in [2.24, 2.45) is 0 Å². The predicted octanol–water partition coefficient (Wildman–Crippen LogP) is 2.52. The number of nitrogens with zero attached hydrogens (tertiary/aromatic N) is 4. The van der Waals surface area contributed by atoms with Gasteiger partial charge in [-0.3, -0.25) is 9.69 Å². The molecule has 2 aliphatic heterocycles. The summed E-state index contributed by atoms with van der Waals surface area (Å²) in [5.41, 5.74) is 0. The zero-order valence-corrected chi connectivity index (χ0v) is 17.4. The number of amides is 1. The van der Waals surface area contributed by atoms with Gasteiger partial charge in [-0.05, 0) is 44.4 Å². The predicted molar refractivity (Wildman–Crippen MR) is 111 cm³/mol. The fourth-order valence-electron chi connectivity index (χ4n) is 4.39. The Morgan fingerprint density at radius 2 is 2.13 bits per heavy atom. The van der Waals surface area contributed by atoms with Gasteiger partial charge in [0.05, 0.1) is 13.1 Å². The van der Waals surface area contributed by atoms with Crippen molar-refractivity contribution in [3.63, 3.8) is 0 Å². The first-order valence-electron chi connectivity index (χ1n) is 11.0. The first kappa shape index (κ1) is 20.8. The number of fused-ring (bicyclic) bond motifs is 1. The van der Waals surface area contributed by atoms with E-state index >= 15 is 0 Å². The van der Waals surface area contributed by atoms with Gasteiger partial charge in [-0.1, -0.05) is 12.5 Å². The maximum absolute atomic E-state index is 13.1. The summed E-state index contributed by atoms with van der Waals surface area (Å²) in [5, 5.41) is 11.8. The Morgan fingerprint density at radius 1 is 1.20 bits per heavy atom. The Morgan fingerprint density at radius 3 is 3.03 bits per heavy atom. The van der Waals surface area contributed by atoms with Crippen molar-refractivity contribution in [1.29, 1.82) is 0 Å². The molecule has 1 saturated heterocycles. The number of rotatable bonds is 7. The molecule has 1 amide bonds. The van der Waals surface area contributed by atoms with E-state index in [0.29, 0.717) is 31.4 Å². The van der Waals surface area contributed by atoms with Crippen molar-refractivity contribution >= 4 is 5.91 Å². The van der Waals surface area contributed by atoms with E-state index in [9.17, 15) is 9.18 Å². The molecule has 1 unspecified atom stereocenters. The van der Waals surface area contributed by atoms with E-state index < -0.39 is 0 Å². The number of nitrogens with one attached hydrogen (secondary N) is 1. The van der Waals surface area contributed by atoms with Crippen LogP contribution in [-0.2, 0) is 17.8 Å². The lowest BCUT2D eigenvalue weighted by Crippen LogP contribution is -2.43. The highest BCUT2D eigenvalue weighted by molar-refractivity contribution is 5.78. The summed E-state index contributed by atoms with van der Waals surface area (Å²) in [6, 6.07) is 6.01. The molecule has 30 heavy (non-hydrogen) atoms. The van der Waals surface area contributed by atoms with E-state index in [0.717, 1.165) is 50.5 Å². The van der Waals surface area contributed by atoms with Gasteiger partial charge >= 0.3 is 0 Å². The van der Waals surface area contributed by atoms with Crippen molar-refractivity contribution in [1.82, 2.24) is 25.0 Å². The molecule has 7 nitrogen and oxygen atoms in total. The Kier molecular flexibility index (Phi) is 6.94. The average Bonchev–Trinajstić information content (AvgIpc) is 3.00. The summed E-state index contributed by atoms with van der Waals surface area (Å²) in [7, 11) is 0. The van der Waals surface area contributed by atoms with Crippen LogP contribution in [0.4, 0.5) is 4.39 Å². The Labute approximate surface area is 176 Å². The minimum Gasteiger partial charge on any atom is -0.492 e. The normalized spacial score (nSPS) is 19.7. The van der Waals surface area contributed by atoms with E-state index in [1.54, 1.807) is 12.1 Å². The summed E-state index contributed by atoms with van der Waals surface area (Å²) in [6.45, 7) is 3.85. The van der Waals surface area contributed by atoms with Gasteiger partial charge in [-0.25, -0.2) is 4.39 Å². The standard InChI is InChI=1S/C22H30FN5O2/c23-18-7-4-8-19(14-18)30-13-10-24-21(29)16-27-11-5-6-17(15-27)22-26-25-20-9-2-1-3-12-28(20)22/h4,7-8,14,17H,1-3,5-6,9-13,15-16H2,(H,24,29). The van der Waals surface area contributed by atoms with Crippen LogP contribution in [-0.4, -0.2) is 58.4 Å². The minimum absolute atomic E-state index is 0.0152. The molecule has 1 aromatic carbocycles. The third kappa shape index (κ3) is 5.36. The van der Waals surface area contributed by atoms with E-state index in [-0.39, 0.29) is 11.7 Å². The number of carbonyl (C=O) groups excluding carboxylic acids is 1. The van der Waals surface area contributed by atoms with Gasteiger partial charge in [0.25, 0.3) is 0 Å². The van der Waals surface area contributed by atoms with Crippen LogP contribution in [0.15, 0.2) is 24.3 Å². The third-order valence-electron chi connectivity index (χ3n) is 5.87. The van der Waals surface area contributed by atoms with Crippen molar-refractivity contribution < 1.29 is 13.9 Å². The van der Waals surface area contributed by atoms with Crippen molar-refractivity contribution in [2.75, 3.05) is 32.8 Å². The summed E-state index contributed by atoms with van der Waals surface area (Å²) in [6.07, 6.45) is 6.80. The molecule has 0 bridgehead atoms. The Bertz CT molecular complexity index is 856. The number of likely N-dealkylation sites (tertiary alicyclic amines) is 1. The van der Waals surface area contributed by atoms with Crippen LogP contribution in [0.2, 0.25) is 0 Å². The second kappa shape index (κ2) is 10.0. The van der Waals surface area contributed by atoms with E-state index in [2.05, 4.69) is 25.0 Å². The number of piperidine rings is 1. The first-order valence-corrected chi connectivity index (χ1v) is 11.0. The van der Waals surface area contributed by atoms with Gasteiger partial charge in [0.2, 0.25) is 5.91 Å². The highest BCUT2D eigenvalue weighted by atomic mass is 19.1. The van der Waals surface area contributed by atoms with Crippen LogP contribution < -0.4 is 10.1 Å². The zero-order valence-electron chi connectivity index (χ0n) is 17.4. The molecular weight excluding hydrogens is 385 g/mol. The molecule has 1 N–H and O–H groups in total. The number of halogens is 1. The fourth-order valence-corrected chi connectivity index (χ4v) is 4.39. The molecular formula is C22H30FN5O2. The number of benzene rings is 1. The molecule has 1 fully saturated rings. The van der Waals surface area contributed by atoms with Crippen LogP contribution in [0.5, 0.6) is 5.75 Å². The number of aryl methyl sites for hydroxylation is 1. The molecule has 0 spiro atoms. The lowest BCUT2D eigenvalue weighted by atomic mass is 9.97. The van der Waals surface area contributed by atoms with Gasteiger partial charge in [0.15, 0.2) is 0 Å². The number of hydrogen-bond acceptors (Lipinski definition) is 5. The quantitative estimate of drug-likeness (QED) is 0.704. The van der Waals surface area contributed by atoms with E-state index in [4.69, 9.17) is 4.74 Å². The summed E-state index contributed by atoms with van der Waals surface area (Å²) in [5.74, 6) is 2.67. The first-order chi connectivity index (χ1) is 14.7. The lowest BCUT2D eigenvalue weighted by Gasteiger charge is -2.31.